The Morgan fingerprint density at radius 1 is 1.29 bits per heavy atom. The first-order valence-corrected chi connectivity index (χ1v) is 6.50. The van der Waals surface area contributed by atoms with E-state index < -0.39 is 13.0 Å². The summed E-state index contributed by atoms with van der Waals surface area (Å²) < 4.78 is 28.7. The Balaban J connectivity index is 1.67. The maximum Gasteiger partial charge on any atom is 0.261 e. The molecular formula is C12H22F2N2O. The Kier molecular flexibility index (Phi) is 4.70. The van der Waals surface area contributed by atoms with Crippen molar-refractivity contribution in [3.8, 4) is 0 Å². The van der Waals surface area contributed by atoms with Crippen LogP contribution in [0.1, 0.15) is 19.3 Å². The van der Waals surface area contributed by atoms with Gasteiger partial charge in [-0.15, -0.1) is 0 Å². The minimum atomic E-state index is -2.36. The highest BCUT2D eigenvalue weighted by atomic mass is 19.3. The molecule has 1 aliphatic carbocycles. The Morgan fingerprint density at radius 2 is 2.12 bits per heavy atom. The fourth-order valence-electron chi connectivity index (χ4n) is 3.16. The monoisotopic (exact) mass is 248 g/mol. The maximum atomic E-state index is 11.9. The molecule has 1 aliphatic heterocycles. The van der Waals surface area contributed by atoms with Crippen molar-refractivity contribution in [2.24, 2.45) is 17.6 Å². The van der Waals surface area contributed by atoms with Gasteiger partial charge in [-0.1, -0.05) is 6.42 Å². The standard InChI is InChI=1S/C12H22F2N2O/c13-12(14)8-17-5-4-16-6-9-2-1-3-11(15)10(9)7-16/h9-12H,1-8,15H2. The Morgan fingerprint density at radius 3 is 2.82 bits per heavy atom. The number of hydrogen-bond donors (Lipinski definition) is 1. The Labute approximate surface area is 101 Å². The lowest BCUT2D eigenvalue weighted by atomic mass is 9.78. The van der Waals surface area contributed by atoms with Crippen molar-refractivity contribution in [3.05, 3.63) is 0 Å². The summed E-state index contributed by atoms with van der Waals surface area (Å²) in [4.78, 5) is 2.31. The average molecular weight is 248 g/mol. The van der Waals surface area contributed by atoms with Crippen LogP contribution in [-0.2, 0) is 4.74 Å². The third kappa shape index (κ3) is 3.60. The Hall–Kier alpha value is -0.260. The van der Waals surface area contributed by atoms with Crippen molar-refractivity contribution in [1.29, 1.82) is 0 Å². The molecule has 0 aromatic rings. The van der Waals surface area contributed by atoms with Gasteiger partial charge >= 0.3 is 0 Å². The van der Waals surface area contributed by atoms with E-state index in [0.717, 1.165) is 26.1 Å². The SMILES string of the molecule is NC1CCCC2CN(CCOCC(F)F)CC12. The van der Waals surface area contributed by atoms with Crippen LogP contribution in [0.3, 0.4) is 0 Å². The number of nitrogens with zero attached hydrogens (tertiary/aromatic N) is 1. The van der Waals surface area contributed by atoms with E-state index in [9.17, 15) is 8.78 Å². The molecule has 5 heteroatoms. The predicted molar refractivity (Wildman–Crippen MR) is 62.1 cm³/mol. The lowest BCUT2D eigenvalue weighted by Crippen LogP contribution is -2.38. The molecule has 2 aliphatic rings. The summed E-state index contributed by atoms with van der Waals surface area (Å²) in [7, 11) is 0. The number of ether oxygens (including phenoxy) is 1. The number of nitrogens with two attached hydrogens (primary N) is 1. The molecule has 17 heavy (non-hydrogen) atoms. The van der Waals surface area contributed by atoms with E-state index in [1.54, 1.807) is 0 Å². The molecule has 100 valence electrons. The summed E-state index contributed by atoms with van der Waals surface area (Å²) in [5.41, 5.74) is 6.12. The van der Waals surface area contributed by atoms with E-state index in [1.165, 1.54) is 12.8 Å². The van der Waals surface area contributed by atoms with Gasteiger partial charge < -0.3 is 15.4 Å². The summed E-state index contributed by atoms with van der Waals surface area (Å²) in [5, 5.41) is 0. The van der Waals surface area contributed by atoms with Crippen molar-refractivity contribution in [1.82, 2.24) is 4.90 Å². The molecule has 3 nitrogen and oxygen atoms in total. The molecule has 1 saturated carbocycles. The van der Waals surface area contributed by atoms with Gasteiger partial charge in [0.25, 0.3) is 6.43 Å². The van der Waals surface area contributed by atoms with Crippen molar-refractivity contribution >= 4 is 0 Å². The van der Waals surface area contributed by atoms with Crippen LogP contribution in [0.2, 0.25) is 0 Å². The van der Waals surface area contributed by atoms with E-state index in [1.807, 2.05) is 0 Å². The van der Waals surface area contributed by atoms with E-state index in [-0.39, 0.29) is 0 Å². The molecule has 2 rings (SSSR count). The van der Waals surface area contributed by atoms with E-state index >= 15 is 0 Å². The van der Waals surface area contributed by atoms with Crippen LogP contribution in [0.15, 0.2) is 0 Å². The Bertz CT molecular complexity index is 241. The number of halogens is 2. The summed E-state index contributed by atoms with van der Waals surface area (Å²) in [6, 6.07) is 0.334. The first kappa shape index (κ1) is 13.2. The van der Waals surface area contributed by atoms with Crippen molar-refractivity contribution in [3.63, 3.8) is 0 Å². The third-order valence-electron chi connectivity index (χ3n) is 4.03. The smallest absolute Gasteiger partial charge is 0.261 e. The molecule has 3 unspecified atom stereocenters. The molecule has 0 radical (unpaired) electrons. The van der Waals surface area contributed by atoms with Crippen LogP contribution < -0.4 is 5.73 Å². The topological polar surface area (TPSA) is 38.5 Å². The zero-order chi connectivity index (χ0) is 12.3. The number of likely N-dealkylation sites (tertiary alicyclic amines) is 1. The van der Waals surface area contributed by atoms with E-state index in [4.69, 9.17) is 10.5 Å². The van der Waals surface area contributed by atoms with Crippen LogP contribution in [-0.4, -0.2) is 50.2 Å². The normalized spacial score (nSPS) is 34.2. The highest BCUT2D eigenvalue weighted by molar-refractivity contribution is 4.92. The number of rotatable bonds is 5. The molecular weight excluding hydrogens is 226 g/mol. The molecule has 3 atom stereocenters. The first-order chi connectivity index (χ1) is 8.16. The fourth-order valence-corrected chi connectivity index (χ4v) is 3.16. The average Bonchev–Trinajstić information content (AvgIpc) is 2.69. The minimum Gasteiger partial charge on any atom is -0.374 e. The lowest BCUT2D eigenvalue weighted by Gasteiger charge is -2.29. The van der Waals surface area contributed by atoms with Crippen molar-refractivity contribution in [2.75, 3.05) is 32.8 Å². The fraction of sp³-hybridized carbons (Fsp3) is 1.00. The molecule has 1 heterocycles. The van der Waals surface area contributed by atoms with Gasteiger partial charge in [-0.2, -0.15) is 0 Å². The molecule has 2 N–H and O–H groups in total. The van der Waals surface area contributed by atoms with Gasteiger partial charge in [0.2, 0.25) is 0 Å². The van der Waals surface area contributed by atoms with Crippen LogP contribution in [0.4, 0.5) is 8.78 Å². The van der Waals surface area contributed by atoms with Crippen molar-refractivity contribution in [2.45, 2.75) is 31.7 Å². The van der Waals surface area contributed by atoms with Gasteiger partial charge in [0, 0.05) is 25.7 Å². The summed E-state index contributed by atoms with van der Waals surface area (Å²) in [6.07, 6.45) is 1.28. The zero-order valence-corrected chi connectivity index (χ0v) is 10.2. The summed E-state index contributed by atoms with van der Waals surface area (Å²) in [5.74, 6) is 1.33. The minimum absolute atomic E-state index is 0.334. The molecule has 0 bridgehead atoms. The van der Waals surface area contributed by atoms with Gasteiger partial charge in [0.1, 0.15) is 6.61 Å². The molecule has 0 amide bonds. The van der Waals surface area contributed by atoms with E-state index in [0.29, 0.717) is 24.5 Å². The largest absolute Gasteiger partial charge is 0.374 e. The molecule has 0 spiro atoms. The van der Waals surface area contributed by atoms with Crippen molar-refractivity contribution < 1.29 is 13.5 Å². The second kappa shape index (κ2) is 6.07. The second-order valence-electron chi connectivity index (χ2n) is 5.24. The number of hydrogen-bond acceptors (Lipinski definition) is 3. The molecule has 0 aromatic heterocycles. The molecule has 2 fully saturated rings. The molecule has 1 saturated heterocycles. The van der Waals surface area contributed by atoms with Gasteiger partial charge in [-0.05, 0) is 24.7 Å². The van der Waals surface area contributed by atoms with Crippen LogP contribution in [0.25, 0.3) is 0 Å². The van der Waals surface area contributed by atoms with Gasteiger partial charge in [0.05, 0.1) is 6.61 Å². The predicted octanol–water partition coefficient (Wildman–Crippen LogP) is 1.33. The summed E-state index contributed by atoms with van der Waals surface area (Å²) >= 11 is 0. The summed E-state index contributed by atoms with van der Waals surface area (Å²) in [6.45, 7) is 2.80. The van der Waals surface area contributed by atoms with Crippen LogP contribution in [0.5, 0.6) is 0 Å². The zero-order valence-electron chi connectivity index (χ0n) is 10.2. The highest BCUT2D eigenvalue weighted by Gasteiger charge is 2.38. The third-order valence-corrected chi connectivity index (χ3v) is 4.03. The van der Waals surface area contributed by atoms with Gasteiger partial charge in [-0.3, -0.25) is 0 Å². The lowest BCUT2D eigenvalue weighted by molar-refractivity contribution is 0.0111. The second-order valence-corrected chi connectivity index (χ2v) is 5.24. The van der Waals surface area contributed by atoms with E-state index in [2.05, 4.69) is 4.90 Å². The number of fused-ring (bicyclic) bond motifs is 1. The molecule has 0 aromatic carbocycles. The quantitative estimate of drug-likeness (QED) is 0.746. The van der Waals surface area contributed by atoms with Crippen LogP contribution in [0, 0.1) is 11.8 Å². The maximum absolute atomic E-state index is 11.9. The van der Waals surface area contributed by atoms with Crippen LogP contribution >= 0.6 is 0 Å². The number of alkyl halides is 2. The van der Waals surface area contributed by atoms with Gasteiger partial charge in [0.15, 0.2) is 0 Å². The first-order valence-electron chi connectivity index (χ1n) is 6.50. The van der Waals surface area contributed by atoms with Gasteiger partial charge in [-0.25, -0.2) is 8.78 Å². The highest BCUT2D eigenvalue weighted by Crippen LogP contribution is 2.35.